The molecule has 365 valence electrons. The molecular weight excluding hydrogens is 1300 g/mol. The molecule has 0 amide bonds. The van der Waals surface area contributed by atoms with Gasteiger partial charge in [0.1, 0.15) is 12.7 Å². The summed E-state index contributed by atoms with van der Waals surface area (Å²) in [7, 11) is 0. The maximum Gasteiger partial charge on any atom is 3.00 e. The molecule has 72 heavy (non-hydrogen) atoms. The van der Waals surface area contributed by atoms with E-state index in [1.54, 1.807) is 122 Å². The number of pyridine rings is 4. The average molecular weight is 1330 g/mol. The van der Waals surface area contributed by atoms with E-state index >= 15 is 0 Å². The third kappa shape index (κ3) is 17.6. The Bertz CT molecular complexity index is 2800. The number of carbonyl (C=O) groups is 1. The molecule has 0 unspecified atom stereocenters. The Morgan fingerprint density at radius 1 is 0.431 bits per heavy atom. The minimum Gasteiger partial charge on any atom is -0.512 e. The minimum atomic E-state index is -0.649. The molecule has 0 spiro atoms. The Morgan fingerprint density at radius 3 is 0.861 bits per heavy atom. The molecule has 0 aliphatic heterocycles. The van der Waals surface area contributed by atoms with E-state index in [1.807, 2.05) is 0 Å². The molecule has 4 aromatic carbocycles. The molecular formula is C52H30F8Ir2N9O-2. The molecule has 0 atom stereocenters. The number of rotatable bonds is 4. The van der Waals surface area contributed by atoms with Gasteiger partial charge in [-0.3, -0.25) is 44.3 Å². The zero-order valence-electron chi connectivity index (χ0n) is 36.4. The van der Waals surface area contributed by atoms with E-state index in [0.717, 1.165) is 48.5 Å². The molecule has 6 heterocycles. The van der Waals surface area contributed by atoms with Gasteiger partial charge in [-0.1, -0.05) is 95.1 Å². The van der Waals surface area contributed by atoms with Crippen molar-refractivity contribution in [3.05, 3.63) is 261 Å². The molecule has 0 saturated heterocycles. The normalized spacial score (nSPS) is 9.58. The van der Waals surface area contributed by atoms with Crippen LogP contribution in [0, 0.1) is 82.6 Å². The molecule has 10 nitrogen and oxygen atoms in total. The Hall–Kier alpha value is -8.20. The fourth-order valence-electron chi connectivity index (χ4n) is 5.49. The topological polar surface area (TPSA) is 128 Å². The van der Waals surface area contributed by atoms with Gasteiger partial charge >= 0.3 is 26.1 Å². The molecule has 20 heteroatoms. The Labute approximate surface area is 434 Å². The maximum atomic E-state index is 13.2. The van der Waals surface area contributed by atoms with Crippen LogP contribution in [0.3, 0.4) is 0 Å². The van der Waals surface area contributed by atoms with Crippen molar-refractivity contribution < 1.29 is 80.1 Å². The first kappa shape index (κ1) is 58.1. The van der Waals surface area contributed by atoms with Crippen LogP contribution in [-0.2, 0) is 40.2 Å². The second-order valence-electron chi connectivity index (χ2n) is 13.2. The van der Waals surface area contributed by atoms with Gasteiger partial charge < -0.3 is 31.8 Å². The molecule has 0 bridgehead atoms. The van der Waals surface area contributed by atoms with E-state index in [0.29, 0.717) is 22.8 Å². The molecule has 0 aliphatic rings. The van der Waals surface area contributed by atoms with Crippen LogP contribution < -0.4 is 0 Å². The van der Waals surface area contributed by atoms with E-state index in [-0.39, 0.29) is 68.5 Å². The predicted molar refractivity (Wildman–Crippen MR) is 239 cm³/mol. The number of imidazole rings is 2. The van der Waals surface area contributed by atoms with E-state index in [4.69, 9.17) is 11.8 Å². The number of hydrogen-bond donors (Lipinski definition) is 0. The third-order valence-corrected chi connectivity index (χ3v) is 8.57. The molecule has 10 rings (SSSR count). The van der Waals surface area contributed by atoms with Gasteiger partial charge in [0.2, 0.25) is 0 Å². The van der Waals surface area contributed by atoms with Crippen molar-refractivity contribution in [1.82, 2.24) is 39.0 Å². The van der Waals surface area contributed by atoms with Crippen molar-refractivity contribution in [3.63, 3.8) is 0 Å². The van der Waals surface area contributed by atoms with E-state index < -0.39 is 46.5 Å². The van der Waals surface area contributed by atoms with Crippen LogP contribution in [0.15, 0.2) is 184 Å². The number of halogens is 8. The second kappa shape index (κ2) is 30.4. The summed E-state index contributed by atoms with van der Waals surface area (Å²) in [6.45, 7) is 4.75. The molecule has 0 saturated carbocycles. The summed E-state index contributed by atoms with van der Waals surface area (Å²) >= 11 is 0. The summed E-state index contributed by atoms with van der Waals surface area (Å²) in [6, 6.07) is 37.9. The standard InChI is InChI=1S/4C11H6F2N.C7H6N4O.CN.2Ir/c4*12-8-4-5-9(10(13)7-8)11-3-1-2-6-14-11;12-7(10-3-1-8-5-10)11-4-2-9-6-11;1-2;;/h4*1-4,6-7H;1-6H;;;/q4*-1;;-1;;+3. The van der Waals surface area contributed by atoms with Gasteiger partial charge in [0, 0.05) is 116 Å². The minimum absolute atomic E-state index is 0. The summed E-state index contributed by atoms with van der Waals surface area (Å²) in [5, 5.41) is 6.25. The molecule has 0 aliphatic carbocycles. The summed E-state index contributed by atoms with van der Waals surface area (Å²) in [5.74, 6) is -5.14. The van der Waals surface area contributed by atoms with Gasteiger partial charge in [-0.05, 0) is 47.0 Å². The van der Waals surface area contributed by atoms with Crippen molar-refractivity contribution in [1.29, 1.82) is 5.26 Å². The Morgan fingerprint density at radius 2 is 0.681 bits per heavy atom. The van der Waals surface area contributed by atoms with Crippen molar-refractivity contribution in [2.75, 3.05) is 0 Å². The molecule has 0 N–H and O–H groups in total. The number of aromatic nitrogens is 8. The molecule has 6 aromatic heterocycles. The molecule has 10 aromatic rings. The van der Waals surface area contributed by atoms with Gasteiger partial charge in [-0.2, -0.15) is 0 Å². The summed E-state index contributed by atoms with van der Waals surface area (Å²) < 4.78 is 106. The van der Waals surface area contributed by atoms with E-state index in [1.165, 1.54) is 21.8 Å². The first-order valence-corrected chi connectivity index (χ1v) is 19.8. The first-order valence-electron chi connectivity index (χ1n) is 19.8. The van der Waals surface area contributed by atoms with Gasteiger partial charge in [0.15, 0.2) is 0 Å². The van der Waals surface area contributed by atoms with Crippen molar-refractivity contribution in [2.24, 2.45) is 0 Å². The zero-order chi connectivity index (χ0) is 50.3. The maximum absolute atomic E-state index is 13.2. The number of hydrogen-bond acceptors (Lipinski definition) is 8. The van der Waals surface area contributed by atoms with Crippen LogP contribution in [0.4, 0.5) is 39.9 Å². The van der Waals surface area contributed by atoms with Gasteiger partial charge in [0.05, 0.1) is 0 Å². The monoisotopic (exact) mass is 1330 g/mol. The van der Waals surface area contributed by atoms with Crippen LogP contribution in [0.5, 0.6) is 0 Å². The van der Waals surface area contributed by atoms with Gasteiger partial charge in [0.25, 0.3) is 0 Å². The number of benzene rings is 4. The molecule has 1 radical (unpaired) electrons. The summed E-state index contributed by atoms with van der Waals surface area (Å²) in [5.41, 5.74) is 2.54. The van der Waals surface area contributed by atoms with Crippen LogP contribution in [0.1, 0.15) is 0 Å². The smallest absolute Gasteiger partial charge is 0.512 e. The second-order valence-corrected chi connectivity index (χ2v) is 13.2. The fraction of sp³-hybridized carbons (Fsp3) is 0. The Balaban J connectivity index is 0.000000234. The van der Waals surface area contributed by atoms with Gasteiger partial charge in [-0.15, -0.1) is 48.5 Å². The number of carbonyl (C=O) groups excluding carboxylic acids is 1. The van der Waals surface area contributed by atoms with Crippen molar-refractivity contribution >= 4 is 6.03 Å². The van der Waals surface area contributed by atoms with Crippen LogP contribution in [0.25, 0.3) is 45.0 Å². The van der Waals surface area contributed by atoms with Crippen LogP contribution >= 0.6 is 0 Å². The van der Waals surface area contributed by atoms with Gasteiger partial charge in [-0.25, -0.2) is 14.8 Å². The largest absolute Gasteiger partial charge is 3.00 e. The van der Waals surface area contributed by atoms with Crippen molar-refractivity contribution in [3.8, 4) is 45.0 Å². The molecule has 0 fully saturated rings. The van der Waals surface area contributed by atoms with Crippen molar-refractivity contribution in [2.45, 2.75) is 0 Å². The summed E-state index contributed by atoms with van der Waals surface area (Å²) in [4.78, 5) is 34.7. The van der Waals surface area contributed by atoms with Crippen LogP contribution in [0.2, 0.25) is 0 Å². The third-order valence-electron chi connectivity index (χ3n) is 8.57. The summed E-state index contributed by atoms with van der Waals surface area (Å²) in [6.07, 6.45) is 15.4. The average Bonchev–Trinajstić information content (AvgIpc) is 4.14. The van der Waals surface area contributed by atoms with E-state index in [2.05, 4.69) is 54.2 Å². The predicted octanol–water partition coefficient (Wildman–Crippen LogP) is 12.0. The fourth-order valence-corrected chi connectivity index (χ4v) is 5.49. The zero-order valence-corrected chi connectivity index (χ0v) is 41.2. The first-order chi connectivity index (χ1) is 34.0. The number of nitrogens with zero attached hydrogens (tertiary/aromatic N) is 9. The van der Waals surface area contributed by atoms with E-state index in [9.17, 15) is 39.9 Å². The van der Waals surface area contributed by atoms with Crippen LogP contribution in [-0.4, -0.2) is 45.1 Å². The quantitative estimate of drug-likeness (QED) is 0.126. The SMILES string of the molecule is Fc1c[c-]c(-c2ccccn2)c(F)c1.Fc1c[c-]c(-c2ccccn2)c(F)c1.Fc1c[c-]c(-c2ccccn2)c(F)c1.Fc1c[c-]c(-c2ccccn2)c(F)c1.O=C(n1ccnc1)n1ccnc1.[C-]#N.[Ir+3].[Ir]. The Kier molecular flexibility index (Phi) is 24.5.